The summed E-state index contributed by atoms with van der Waals surface area (Å²) >= 11 is 12.4. The molecule has 0 aliphatic carbocycles. The fourth-order valence-corrected chi connectivity index (χ4v) is 4.67. The molecule has 1 fully saturated rings. The van der Waals surface area contributed by atoms with Crippen molar-refractivity contribution in [2.75, 3.05) is 26.3 Å². The monoisotopic (exact) mass is 507 g/mol. The molecule has 1 amide bonds. The minimum absolute atomic E-state index is 0.0411. The lowest BCUT2D eigenvalue weighted by atomic mass is 9.81. The number of carbonyl (C=O) groups is 2. The molecular weight excluding hydrogens is 477 g/mol. The van der Waals surface area contributed by atoms with E-state index < -0.39 is 5.60 Å². The van der Waals surface area contributed by atoms with E-state index in [0.717, 1.165) is 17.4 Å². The zero-order chi connectivity index (χ0) is 24.9. The molecule has 2 aromatic rings. The van der Waals surface area contributed by atoms with Crippen molar-refractivity contribution in [3.8, 4) is 11.5 Å². The zero-order valence-electron chi connectivity index (χ0n) is 20.0. The summed E-state index contributed by atoms with van der Waals surface area (Å²) in [4.78, 5) is 25.8. The molecule has 0 unspecified atom stereocenters. The molecule has 1 heterocycles. The Morgan fingerprint density at radius 1 is 1.09 bits per heavy atom. The summed E-state index contributed by atoms with van der Waals surface area (Å²) in [5.41, 5.74) is 1.44. The molecule has 8 heteroatoms. The van der Waals surface area contributed by atoms with E-state index in [4.69, 9.17) is 37.4 Å². The van der Waals surface area contributed by atoms with Gasteiger partial charge in [-0.3, -0.25) is 0 Å². The molecule has 1 aliphatic heterocycles. The molecule has 34 heavy (non-hydrogen) atoms. The number of aldehydes is 1. The van der Waals surface area contributed by atoms with Crippen molar-refractivity contribution < 1.29 is 23.8 Å². The highest BCUT2D eigenvalue weighted by atomic mass is 35.5. The number of benzene rings is 2. The predicted octanol–water partition coefficient (Wildman–Crippen LogP) is 6.30. The van der Waals surface area contributed by atoms with Crippen LogP contribution < -0.4 is 9.47 Å². The van der Waals surface area contributed by atoms with E-state index in [0.29, 0.717) is 54.3 Å². The molecule has 0 bridgehead atoms. The van der Waals surface area contributed by atoms with Crippen LogP contribution in [0.3, 0.4) is 0 Å². The van der Waals surface area contributed by atoms with E-state index in [1.54, 1.807) is 17.0 Å². The van der Waals surface area contributed by atoms with Crippen molar-refractivity contribution in [2.45, 2.75) is 45.6 Å². The summed E-state index contributed by atoms with van der Waals surface area (Å²) in [5, 5.41) is 0.939. The first kappa shape index (κ1) is 26.2. The maximum atomic E-state index is 12.4. The zero-order valence-corrected chi connectivity index (χ0v) is 21.5. The first-order chi connectivity index (χ1) is 16.1. The molecule has 0 N–H and O–H groups in total. The van der Waals surface area contributed by atoms with Gasteiger partial charge in [-0.25, -0.2) is 4.79 Å². The van der Waals surface area contributed by atoms with Gasteiger partial charge in [-0.2, -0.15) is 0 Å². The summed E-state index contributed by atoms with van der Waals surface area (Å²) in [5.74, 6) is 0.901. The molecule has 1 aliphatic rings. The SMILES string of the molecule is Cc1cc(Cl)c(OCCOc2ccc([C@H]3CCN(C(=O)OC(C)(C)C)C[C@@H]3C=O)cc2)c(Cl)c1. The highest BCUT2D eigenvalue weighted by molar-refractivity contribution is 6.37. The fraction of sp³-hybridized carbons (Fsp3) is 0.462. The van der Waals surface area contributed by atoms with E-state index in [9.17, 15) is 9.59 Å². The van der Waals surface area contributed by atoms with Gasteiger partial charge in [0, 0.05) is 19.0 Å². The van der Waals surface area contributed by atoms with Gasteiger partial charge in [0.2, 0.25) is 0 Å². The summed E-state index contributed by atoms with van der Waals surface area (Å²) in [6.07, 6.45) is 1.25. The highest BCUT2D eigenvalue weighted by Gasteiger charge is 2.34. The van der Waals surface area contributed by atoms with Crippen molar-refractivity contribution >= 4 is 35.6 Å². The highest BCUT2D eigenvalue weighted by Crippen LogP contribution is 2.35. The largest absolute Gasteiger partial charge is 0.490 e. The Kier molecular flexibility index (Phi) is 8.72. The molecular formula is C26H31Cl2NO5. The van der Waals surface area contributed by atoms with Crippen molar-refractivity contribution in [1.29, 1.82) is 0 Å². The molecule has 6 nitrogen and oxygen atoms in total. The number of ether oxygens (including phenoxy) is 3. The Morgan fingerprint density at radius 3 is 2.29 bits per heavy atom. The van der Waals surface area contributed by atoms with Crippen molar-refractivity contribution in [3.05, 3.63) is 57.6 Å². The number of aryl methyl sites for hydroxylation is 1. The van der Waals surface area contributed by atoms with Gasteiger partial charge in [0.1, 0.15) is 30.9 Å². The maximum Gasteiger partial charge on any atom is 0.410 e. The number of hydrogen-bond donors (Lipinski definition) is 0. The first-order valence-electron chi connectivity index (χ1n) is 11.3. The Morgan fingerprint density at radius 2 is 1.71 bits per heavy atom. The summed E-state index contributed by atoms with van der Waals surface area (Å²) in [6.45, 7) is 8.92. The Bertz CT molecular complexity index is 980. The molecule has 3 rings (SSSR count). The maximum absolute atomic E-state index is 12.4. The van der Waals surface area contributed by atoms with Crippen molar-refractivity contribution in [1.82, 2.24) is 4.90 Å². The van der Waals surface area contributed by atoms with Gasteiger partial charge in [0.25, 0.3) is 0 Å². The number of piperidine rings is 1. The van der Waals surface area contributed by atoms with Crippen LogP contribution >= 0.6 is 23.2 Å². The van der Waals surface area contributed by atoms with Crippen LogP contribution in [0.25, 0.3) is 0 Å². The lowest BCUT2D eigenvalue weighted by Crippen LogP contribution is -2.45. The number of nitrogens with zero attached hydrogens (tertiary/aromatic N) is 1. The third-order valence-electron chi connectivity index (χ3n) is 5.53. The Hall–Kier alpha value is -2.44. The van der Waals surface area contributed by atoms with Crippen LogP contribution in [0.1, 0.15) is 44.2 Å². The van der Waals surface area contributed by atoms with Gasteiger partial charge >= 0.3 is 6.09 Å². The number of rotatable bonds is 7. The molecule has 0 aromatic heterocycles. The van der Waals surface area contributed by atoms with Crippen LogP contribution in [-0.4, -0.2) is 49.2 Å². The predicted molar refractivity (Wildman–Crippen MR) is 133 cm³/mol. The van der Waals surface area contributed by atoms with E-state index in [1.807, 2.05) is 52.0 Å². The second kappa shape index (κ2) is 11.3. The van der Waals surface area contributed by atoms with Gasteiger partial charge in [-0.1, -0.05) is 35.3 Å². The summed E-state index contributed by atoms with van der Waals surface area (Å²) in [6, 6.07) is 11.3. The number of hydrogen-bond acceptors (Lipinski definition) is 5. The number of amides is 1. The van der Waals surface area contributed by atoms with Gasteiger partial charge < -0.3 is 23.9 Å². The van der Waals surface area contributed by atoms with E-state index in [2.05, 4.69) is 0 Å². The Labute approximate surface area is 211 Å². The minimum atomic E-state index is -0.565. The molecule has 0 spiro atoms. The summed E-state index contributed by atoms with van der Waals surface area (Å²) < 4.78 is 16.9. The fourth-order valence-electron chi connectivity index (χ4n) is 3.97. The normalized spacial score (nSPS) is 18.4. The average Bonchev–Trinajstić information content (AvgIpc) is 2.76. The lowest BCUT2D eigenvalue weighted by molar-refractivity contribution is -0.113. The van der Waals surface area contributed by atoms with Gasteiger partial charge in [-0.05, 0) is 75.4 Å². The third kappa shape index (κ3) is 7.03. The standard InChI is InChI=1S/C26H31Cl2NO5/c1-17-13-22(27)24(23(28)14-17)33-12-11-32-20-7-5-18(6-8-20)21-9-10-29(15-19(21)16-30)25(31)34-26(2,3)4/h5-8,13-14,16,19,21H,9-12,15H2,1-4H3/t19-,21-/m1/s1. The lowest BCUT2D eigenvalue weighted by Gasteiger charge is -2.37. The van der Waals surface area contributed by atoms with Crippen LogP contribution in [0.2, 0.25) is 10.0 Å². The average molecular weight is 508 g/mol. The minimum Gasteiger partial charge on any atom is -0.490 e. The van der Waals surface area contributed by atoms with E-state index in [-0.39, 0.29) is 17.9 Å². The number of carbonyl (C=O) groups excluding carboxylic acids is 2. The van der Waals surface area contributed by atoms with Crippen LogP contribution in [0.4, 0.5) is 4.79 Å². The molecule has 2 aromatic carbocycles. The Balaban J connectivity index is 1.52. The van der Waals surface area contributed by atoms with Crippen molar-refractivity contribution in [3.63, 3.8) is 0 Å². The van der Waals surface area contributed by atoms with Crippen molar-refractivity contribution in [2.24, 2.45) is 5.92 Å². The van der Waals surface area contributed by atoms with Gasteiger partial charge in [0.05, 0.1) is 10.0 Å². The van der Waals surface area contributed by atoms with Crippen LogP contribution in [0.15, 0.2) is 36.4 Å². The van der Waals surface area contributed by atoms with E-state index >= 15 is 0 Å². The molecule has 2 atom stereocenters. The number of halogens is 2. The van der Waals surface area contributed by atoms with Crippen LogP contribution in [-0.2, 0) is 9.53 Å². The van der Waals surface area contributed by atoms with Gasteiger partial charge in [-0.15, -0.1) is 0 Å². The quantitative estimate of drug-likeness (QED) is 0.325. The smallest absolute Gasteiger partial charge is 0.410 e. The molecule has 1 saturated heterocycles. The van der Waals surface area contributed by atoms with Gasteiger partial charge in [0.15, 0.2) is 5.75 Å². The molecule has 184 valence electrons. The third-order valence-corrected chi connectivity index (χ3v) is 6.10. The van der Waals surface area contributed by atoms with E-state index in [1.165, 1.54) is 0 Å². The topological polar surface area (TPSA) is 65.1 Å². The van der Waals surface area contributed by atoms with Crippen LogP contribution in [0, 0.1) is 12.8 Å². The molecule has 0 saturated carbocycles. The second-order valence-electron chi connectivity index (χ2n) is 9.45. The first-order valence-corrected chi connectivity index (χ1v) is 12.1. The summed E-state index contributed by atoms with van der Waals surface area (Å²) in [7, 11) is 0. The second-order valence-corrected chi connectivity index (χ2v) is 10.3. The number of likely N-dealkylation sites (tertiary alicyclic amines) is 1. The molecule has 0 radical (unpaired) electrons. The van der Waals surface area contributed by atoms with Crippen LogP contribution in [0.5, 0.6) is 11.5 Å².